The highest BCUT2D eigenvalue weighted by atomic mass is 19.1. The number of hydrogen-bond donors (Lipinski definition) is 3. The zero-order valence-corrected chi connectivity index (χ0v) is 10.4. The molecule has 1 fully saturated rings. The molecule has 1 saturated carbocycles. The van der Waals surface area contributed by atoms with Crippen LogP contribution in [0.3, 0.4) is 0 Å². The SMILES string of the molecule is NC(=O)c1ccc(F)c(NC(=O)C2(N)CCCC2)c1. The highest BCUT2D eigenvalue weighted by Crippen LogP contribution is 2.29. The van der Waals surface area contributed by atoms with Crippen LogP contribution in [-0.4, -0.2) is 17.4 Å². The second-order valence-corrected chi connectivity index (χ2v) is 4.88. The fourth-order valence-electron chi connectivity index (χ4n) is 2.25. The van der Waals surface area contributed by atoms with Gasteiger partial charge in [-0.2, -0.15) is 0 Å². The summed E-state index contributed by atoms with van der Waals surface area (Å²) in [5, 5.41) is 2.44. The Morgan fingerprint density at radius 1 is 1.26 bits per heavy atom. The van der Waals surface area contributed by atoms with Crippen molar-refractivity contribution >= 4 is 17.5 Å². The molecule has 0 bridgehead atoms. The molecule has 0 heterocycles. The van der Waals surface area contributed by atoms with Crippen LogP contribution in [-0.2, 0) is 4.79 Å². The van der Waals surface area contributed by atoms with Gasteiger partial charge in [0.25, 0.3) is 0 Å². The van der Waals surface area contributed by atoms with Gasteiger partial charge in [-0.3, -0.25) is 9.59 Å². The molecule has 0 saturated heterocycles. The molecule has 2 rings (SSSR count). The molecule has 0 spiro atoms. The summed E-state index contributed by atoms with van der Waals surface area (Å²) in [5.74, 6) is -1.73. The number of benzene rings is 1. The number of rotatable bonds is 3. The summed E-state index contributed by atoms with van der Waals surface area (Å²) in [6.45, 7) is 0. The van der Waals surface area contributed by atoms with Crippen LogP contribution in [0, 0.1) is 5.82 Å². The minimum Gasteiger partial charge on any atom is -0.366 e. The molecular weight excluding hydrogens is 249 g/mol. The van der Waals surface area contributed by atoms with Gasteiger partial charge in [0.05, 0.1) is 11.2 Å². The van der Waals surface area contributed by atoms with Gasteiger partial charge >= 0.3 is 0 Å². The van der Waals surface area contributed by atoms with Gasteiger partial charge in [0, 0.05) is 5.56 Å². The number of amides is 2. The first-order chi connectivity index (χ1) is 8.92. The molecule has 5 nitrogen and oxygen atoms in total. The van der Waals surface area contributed by atoms with Gasteiger partial charge in [0.1, 0.15) is 5.82 Å². The quantitative estimate of drug-likeness (QED) is 0.764. The van der Waals surface area contributed by atoms with Crippen molar-refractivity contribution in [2.75, 3.05) is 5.32 Å². The van der Waals surface area contributed by atoms with Crippen LogP contribution in [0.2, 0.25) is 0 Å². The van der Waals surface area contributed by atoms with Crippen molar-refractivity contribution in [3.05, 3.63) is 29.6 Å². The summed E-state index contributed by atoms with van der Waals surface area (Å²) in [4.78, 5) is 23.1. The molecule has 1 aromatic rings. The normalized spacial score (nSPS) is 17.2. The van der Waals surface area contributed by atoms with Crippen molar-refractivity contribution in [3.8, 4) is 0 Å². The number of carbonyl (C=O) groups excluding carboxylic acids is 2. The van der Waals surface area contributed by atoms with Crippen LogP contribution in [0.1, 0.15) is 36.0 Å². The lowest BCUT2D eigenvalue weighted by Crippen LogP contribution is -2.48. The number of anilines is 1. The number of halogens is 1. The highest BCUT2D eigenvalue weighted by molar-refractivity contribution is 6.00. The topological polar surface area (TPSA) is 98.2 Å². The van der Waals surface area contributed by atoms with Crippen LogP contribution in [0.15, 0.2) is 18.2 Å². The van der Waals surface area contributed by atoms with Gasteiger partial charge in [-0.25, -0.2) is 4.39 Å². The van der Waals surface area contributed by atoms with Crippen molar-refractivity contribution in [1.82, 2.24) is 0 Å². The average molecular weight is 265 g/mol. The van der Waals surface area contributed by atoms with E-state index in [1.807, 2.05) is 0 Å². The summed E-state index contributed by atoms with van der Waals surface area (Å²) in [7, 11) is 0. The smallest absolute Gasteiger partial charge is 0.248 e. The summed E-state index contributed by atoms with van der Waals surface area (Å²) < 4.78 is 13.6. The van der Waals surface area contributed by atoms with Crippen molar-refractivity contribution in [2.45, 2.75) is 31.2 Å². The molecule has 5 N–H and O–H groups in total. The Labute approximate surface area is 110 Å². The standard InChI is InChI=1S/C13H16FN3O2/c14-9-4-3-8(11(15)18)7-10(9)17-12(19)13(16)5-1-2-6-13/h3-4,7H,1-2,5-6,16H2,(H2,15,18)(H,17,19). The third-order valence-corrected chi connectivity index (χ3v) is 3.45. The molecular formula is C13H16FN3O2. The van der Waals surface area contributed by atoms with Crippen LogP contribution in [0.4, 0.5) is 10.1 Å². The van der Waals surface area contributed by atoms with E-state index >= 15 is 0 Å². The number of carbonyl (C=O) groups is 2. The lowest BCUT2D eigenvalue weighted by Gasteiger charge is -2.22. The first-order valence-electron chi connectivity index (χ1n) is 6.12. The molecule has 0 atom stereocenters. The lowest BCUT2D eigenvalue weighted by molar-refractivity contribution is -0.121. The maximum absolute atomic E-state index is 13.6. The van der Waals surface area contributed by atoms with Crippen molar-refractivity contribution in [3.63, 3.8) is 0 Å². The maximum Gasteiger partial charge on any atom is 0.248 e. The second kappa shape index (κ2) is 4.97. The molecule has 0 radical (unpaired) electrons. The molecule has 0 aliphatic heterocycles. The Morgan fingerprint density at radius 2 is 1.89 bits per heavy atom. The minimum atomic E-state index is -0.949. The van der Waals surface area contributed by atoms with E-state index in [1.54, 1.807) is 0 Å². The summed E-state index contributed by atoms with van der Waals surface area (Å²) in [6, 6.07) is 3.57. The second-order valence-electron chi connectivity index (χ2n) is 4.88. The van der Waals surface area contributed by atoms with E-state index in [0.29, 0.717) is 12.8 Å². The predicted octanol–water partition coefficient (Wildman–Crippen LogP) is 1.13. The Morgan fingerprint density at radius 3 is 2.47 bits per heavy atom. The van der Waals surface area contributed by atoms with E-state index in [-0.39, 0.29) is 11.3 Å². The van der Waals surface area contributed by atoms with E-state index in [9.17, 15) is 14.0 Å². The Kier molecular flexibility index (Phi) is 3.53. The van der Waals surface area contributed by atoms with E-state index in [0.717, 1.165) is 18.9 Å². The molecule has 0 aromatic heterocycles. The average Bonchev–Trinajstić information content (AvgIpc) is 2.80. The summed E-state index contributed by atoms with van der Waals surface area (Å²) in [6.07, 6.45) is 2.92. The third-order valence-electron chi connectivity index (χ3n) is 3.45. The maximum atomic E-state index is 13.6. The van der Waals surface area contributed by atoms with Gasteiger partial charge in [-0.1, -0.05) is 12.8 Å². The van der Waals surface area contributed by atoms with Crippen LogP contribution in [0.5, 0.6) is 0 Å². The van der Waals surface area contributed by atoms with Gasteiger partial charge < -0.3 is 16.8 Å². The zero-order chi connectivity index (χ0) is 14.0. The first-order valence-corrected chi connectivity index (χ1v) is 6.12. The molecule has 1 aromatic carbocycles. The van der Waals surface area contributed by atoms with Gasteiger partial charge in [-0.05, 0) is 31.0 Å². The van der Waals surface area contributed by atoms with Gasteiger partial charge in [0.2, 0.25) is 11.8 Å². The Balaban J connectivity index is 2.20. The van der Waals surface area contributed by atoms with Crippen LogP contribution >= 0.6 is 0 Å². The first kappa shape index (κ1) is 13.5. The van der Waals surface area contributed by atoms with E-state index in [4.69, 9.17) is 11.5 Å². The predicted molar refractivity (Wildman–Crippen MR) is 68.9 cm³/mol. The van der Waals surface area contributed by atoms with Crippen molar-refractivity contribution in [2.24, 2.45) is 11.5 Å². The number of nitrogens with two attached hydrogens (primary N) is 2. The molecule has 1 aliphatic rings. The molecule has 2 amide bonds. The van der Waals surface area contributed by atoms with Crippen LogP contribution < -0.4 is 16.8 Å². The fourth-order valence-corrected chi connectivity index (χ4v) is 2.25. The molecule has 102 valence electrons. The summed E-state index contributed by atoms with van der Waals surface area (Å²) >= 11 is 0. The number of primary amides is 1. The van der Waals surface area contributed by atoms with E-state index in [1.165, 1.54) is 12.1 Å². The molecule has 1 aliphatic carbocycles. The third kappa shape index (κ3) is 2.73. The minimum absolute atomic E-state index is 0.0713. The largest absolute Gasteiger partial charge is 0.366 e. The number of nitrogens with one attached hydrogen (secondary N) is 1. The monoisotopic (exact) mass is 265 g/mol. The molecule has 6 heteroatoms. The molecule has 0 unspecified atom stereocenters. The van der Waals surface area contributed by atoms with Gasteiger partial charge in [0.15, 0.2) is 0 Å². The Hall–Kier alpha value is -1.95. The van der Waals surface area contributed by atoms with E-state index in [2.05, 4.69) is 5.32 Å². The lowest BCUT2D eigenvalue weighted by atomic mass is 9.98. The van der Waals surface area contributed by atoms with E-state index < -0.39 is 23.2 Å². The molecule has 19 heavy (non-hydrogen) atoms. The number of hydrogen-bond acceptors (Lipinski definition) is 3. The van der Waals surface area contributed by atoms with Crippen LogP contribution in [0.25, 0.3) is 0 Å². The fraction of sp³-hybridized carbons (Fsp3) is 0.385. The van der Waals surface area contributed by atoms with Crippen molar-refractivity contribution in [1.29, 1.82) is 0 Å². The Bertz CT molecular complexity index is 525. The highest BCUT2D eigenvalue weighted by Gasteiger charge is 2.37. The summed E-state index contributed by atoms with van der Waals surface area (Å²) in [5.41, 5.74) is 10.2. The zero-order valence-electron chi connectivity index (χ0n) is 10.4. The van der Waals surface area contributed by atoms with Crippen molar-refractivity contribution < 1.29 is 14.0 Å². The van der Waals surface area contributed by atoms with Gasteiger partial charge in [-0.15, -0.1) is 0 Å².